The Morgan fingerprint density at radius 2 is 1.80 bits per heavy atom. The zero-order valence-electron chi connectivity index (χ0n) is 9.32. The van der Waals surface area contributed by atoms with E-state index in [0.29, 0.717) is 25.9 Å². The number of likely N-dealkylation sites (tertiary alicyclic amines) is 1. The standard InChI is InChI=1S/C11H18N2O2/c1-11(2)7-9(14)13(10(15)8-11)6-4-3-5-12/h3-4H,5-8,12H2,1-2H3/b4-3+. The molecule has 2 amide bonds. The fourth-order valence-electron chi connectivity index (χ4n) is 1.69. The van der Waals surface area contributed by atoms with Gasteiger partial charge in [0.15, 0.2) is 0 Å². The summed E-state index contributed by atoms with van der Waals surface area (Å²) in [6, 6.07) is 0. The Bertz CT molecular complexity index is 275. The number of hydrogen-bond donors (Lipinski definition) is 1. The van der Waals surface area contributed by atoms with Crippen molar-refractivity contribution in [2.45, 2.75) is 26.7 Å². The topological polar surface area (TPSA) is 63.4 Å². The second-order valence-corrected chi connectivity index (χ2v) is 4.62. The van der Waals surface area contributed by atoms with E-state index in [4.69, 9.17) is 5.73 Å². The van der Waals surface area contributed by atoms with Gasteiger partial charge in [0.25, 0.3) is 0 Å². The van der Waals surface area contributed by atoms with E-state index in [-0.39, 0.29) is 17.2 Å². The Morgan fingerprint density at radius 3 is 2.27 bits per heavy atom. The fraction of sp³-hybridized carbons (Fsp3) is 0.636. The highest BCUT2D eigenvalue weighted by atomic mass is 16.2. The molecule has 0 radical (unpaired) electrons. The maximum Gasteiger partial charge on any atom is 0.230 e. The molecule has 4 heteroatoms. The van der Waals surface area contributed by atoms with Crippen molar-refractivity contribution in [3.05, 3.63) is 12.2 Å². The average molecular weight is 210 g/mol. The number of hydrogen-bond acceptors (Lipinski definition) is 3. The summed E-state index contributed by atoms with van der Waals surface area (Å²) in [6.45, 7) is 4.67. The third-order valence-electron chi connectivity index (χ3n) is 2.45. The van der Waals surface area contributed by atoms with Crippen molar-refractivity contribution >= 4 is 11.8 Å². The molecule has 0 aromatic carbocycles. The third kappa shape index (κ3) is 3.16. The number of imide groups is 1. The van der Waals surface area contributed by atoms with Crippen molar-refractivity contribution in [3.8, 4) is 0 Å². The quantitative estimate of drug-likeness (QED) is 0.550. The van der Waals surface area contributed by atoms with Crippen LogP contribution in [0.4, 0.5) is 0 Å². The van der Waals surface area contributed by atoms with Crippen LogP contribution >= 0.6 is 0 Å². The van der Waals surface area contributed by atoms with Gasteiger partial charge in [-0.05, 0) is 5.41 Å². The van der Waals surface area contributed by atoms with Crippen LogP contribution in [-0.2, 0) is 9.59 Å². The van der Waals surface area contributed by atoms with E-state index in [2.05, 4.69) is 0 Å². The Kier molecular flexibility index (Phi) is 3.63. The zero-order valence-corrected chi connectivity index (χ0v) is 9.32. The molecule has 1 saturated heterocycles. The minimum absolute atomic E-state index is 0.0853. The van der Waals surface area contributed by atoms with Crippen molar-refractivity contribution in [1.29, 1.82) is 0 Å². The van der Waals surface area contributed by atoms with Gasteiger partial charge in [-0.1, -0.05) is 26.0 Å². The average Bonchev–Trinajstić information content (AvgIpc) is 2.08. The highest BCUT2D eigenvalue weighted by Gasteiger charge is 2.36. The zero-order chi connectivity index (χ0) is 11.5. The maximum atomic E-state index is 11.7. The molecular formula is C11H18N2O2. The summed E-state index contributed by atoms with van der Waals surface area (Å²) in [6.07, 6.45) is 4.39. The first-order valence-electron chi connectivity index (χ1n) is 5.14. The molecule has 2 N–H and O–H groups in total. The van der Waals surface area contributed by atoms with Crippen LogP contribution < -0.4 is 5.73 Å². The van der Waals surface area contributed by atoms with Gasteiger partial charge >= 0.3 is 0 Å². The van der Waals surface area contributed by atoms with Crippen molar-refractivity contribution in [2.24, 2.45) is 11.1 Å². The molecule has 15 heavy (non-hydrogen) atoms. The maximum absolute atomic E-state index is 11.7. The molecule has 0 unspecified atom stereocenters. The van der Waals surface area contributed by atoms with Crippen LogP contribution in [-0.4, -0.2) is 29.8 Å². The fourth-order valence-corrected chi connectivity index (χ4v) is 1.69. The van der Waals surface area contributed by atoms with Crippen LogP contribution in [0, 0.1) is 5.41 Å². The lowest BCUT2D eigenvalue weighted by Gasteiger charge is -2.34. The van der Waals surface area contributed by atoms with Crippen LogP contribution in [0.2, 0.25) is 0 Å². The Morgan fingerprint density at radius 1 is 1.27 bits per heavy atom. The lowest BCUT2D eigenvalue weighted by Crippen LogP contribution is -2.46. The van der Waals surface area contributed by atoms with Gasteiger partial charge in [0, 0.05) is 25.9 Å². The van der Waals surface area contributed by atoms with Crippen LogP contribution in [0.25, 0.3) is 0 Å². The SMILES string of the molecule is CC1(C)CC(=O)N(C/C=C/CN)C(=O)C1. The molecule has 0 bridgehead atoms. The summed E-state index contributed by atoms with van der Waals surface area (Å²) in [5.74, 6) is -0.171. The molecule has 1 fully saturated rings. The highest BCUT2D eigenvalue weighted by Crippen LogP contribution is 2.31. The number of carbonyl (C=O) groups excluding carboxylic acids is 2. The van der Waals surface area contributed by atoms with Crippen LogP contribution in [0.5, 0.6) is 0 Å². The van der Waals surface area contributed by atoms with Crippen molar-refractivity contribution < 1.29 is 9.59 Å². The summed E-state index contributed by atoms with van der Waals surface area (Å²) in [5.41, 5.74) is 5.09. The van der Waals surface area contributed by atoms with E-state index in [1.165, 1.54) is 4.90 Å². The molecule has 1 aliphatic rings. The van der Waals surface area contributed by atoms with Gasteiger partial charge in [-0.15, -0.1) is 0 Å². The molecular weight excluding hydrogens is 192 g/mol. The Labute approximate surface area is 90.1 Å². The largest absolute Gasteiger partial charge is 0.327 e. The van der Waals surface area contributed by atoms with E-state index >= 15 is 0 Å². The van der Waals surface area contributed by atoms with Crippen molar-refractivity contribution in [3.63, 3.8) is 0 Å². The first-order valence-corrected chi connectivity index (χ1v) is 5.14. The second-order valence-electron chi connectivity index (χ2n) is 4.62. The van der Waals surface area contributed by atoms with E-state index < -0.39 is 0 Å². The minimum atomic E-state index is -0.192. The number of rotatable bonds is 3. The monoisotopic (exact) mass is 210 g/mol. The summed E-state index contributed by atoms with van der Waals surface area (Å²) < 4.78 is 0. The van der Waals surface area contributed by atoms with Gasteiger partial charge in [-0.2, -0.15) is 0 Å². The molecule has 84 valence electrons. The normalized spacial score (nSPS) is 21.4. The number of nitrogens with two attached hydrogens (primary N) is 1. The van der Waals surface area contributed by atoms with E-state index in [0.717, 1.165) is 0 Å². The molecule has 4 nitrogen and oxygen atoms in total. The molecule has 1 rings (SSSR count). The van der Waals surface area contributed by atoms with Gasteiger partial charge in [0.05, 0.1) is 0 Å². The van der Waals surface area contributed by atoms with Crippen LogP contribution in [0.3, 0.4) is 0 Å². The molecule has 1 heterocycles. The highest BCUT2D eigenvalue weighted by molar-refractivity contribution is 5.98. The lowest BCUT2D eigenvalue weighted by atomic mass is 9.82. The Balaban J connectivity index is 2.63. The van der Waals surface area contributed by atoms with Crippen molar-refractivity contribution in [2.75, 3.05) is 13.1 Å². The Hall–Kier alpha value is -1.16. The van der Waals surface area contributed by atoms with E-state index in [9.17, 15) is 9.59 Å². The van der Waals surface area contributed by atoms with Crippen LogP contribution in [0.15, 0.2) is 12.2 Å². The molecule has 0 aromatic heterocycles. The van der Waals surface area contributed by atoms with Gasteiger partial charge in [-0.25, -0.2) is 0 Å². The van der Waals surface area contributed by atoms with Gasteiger partial charge < -0.3 is 5.73 Å². The number of amides is 2. The van der Waals surface area contributed by atoms with Gasteiger partial charge in [-0.3, -0.25) is 14.5 Å². The predicted molar refractivity (Wildman–Crippen MR) is 57.9 cm³/mol. The van der Waals surface area contributed by atoms with Gasteiger partial charge in [0.2, 0.25) is 11.8 Å². The van der Waals surface area contributed by atoms with Crippen molar-refractivity contribution in [1.82, 2.24) is 4.90 Å². The molecule has 1 aliphatic heterocycles. The summed E-state index contributed by atoms with van der Waals surface area (Å²) >= 11 is 0. The predicted octanol–water partition coefficient (Wildman–Crippen LogP) is 0.676. The minimum Gasteiger partial charge on any atom is -0.327 e. The number of nitrogens with zero attached hydrogens (tertiary/aromatic N) is 1. The molecule has 0 saturated carbocycles. The summed E-state index contributed by atoms with van der Waals surface area (Å²) in [4.78, 5) is 24.6. The number of piperidine rings is 1. The first-order chi connectivity index (χ1) is 6.96. The summed E-state index contributed by atoms with van der Waals surface area (Å²) in [7, 11) is 0. The molecule has 0 aliphatic carbocycles. The second kappa shape index (κ2) is 4.57. The molecule has 0 spiro atoms. The van der Waals surface area contributed by atoms with E-state index in [1.54, 1.807) is 12.2 Å². The summed E-state index contributed by atoms with van der Waals surface area (Å²) in [5, 5.41) is 0. The lowest BCUT2D eigenvalue weighted by molar-refractivity contribution is -0.151. The molecule has 0 atom stereocenters. The van der Waals surface area contributed by atoms with E-state index in [1.807, 2.05) is 13.8 Å². The van der Waals surface area contributed by atoms with Crippen LogP contribution in [0.1, 0.15) is 26.7 Å². The smallest absolute Gasteiger partial charge is 0.230 e. The molecule has 0 aromatic rings. The first kappa shape index (κ1) is 11.9. The van der Waals surface area contributed by atoms with Gasteiger partial charge in [0.1, 0.15) is 0 Å². The third-order valence-corrected chi connectivity index (χ3v) is 2.45. The number of carbonyl (C=O) groups is 2.